The normalized spacial score (nSPS) is 11.9. The summed E-state index contributed by atoms with van der Waals surface area (Å²) in [5, 5.41) is 9.61. The topological polar surface area (TPSA) is 133 Å². The summed E-state index contributed by atoms with van der Waals surface area (Å²) in [7, 11) is 3.04. The van der Waals surface area contributed by atoms with Crippen LogP contribution in [0.4, 0.5) is 0 Å². The lowest BCUT2D eigenvalue weighted by Gasteiger charge is -2.28. The molecule has 0 spiro atoms. The second-order valence-corrected chi connectivity index (χ2v) is 9.84. The zero-order valence-electron chi connectivity index (χ0n) is 24.9. The Morgan fingerprint density at radius 2 is 1.24 bits per heavy atom. The second kappa shape index (κ2) is 18.7. The monoisotopic (exact) mass is 590 g/mol. The quantitative estimate of drug-likeness (QED) is 0.179. The molecule has 1 atom stereocenters. The van der Waals surface area contributed by atoms with E-state index in [1.807, 2.05) is 41.3 Å². The van der Waals surface area contributed by atoms with E-state index in [9.17, 15) is 19.5 Å². The van der Waals surface area contributed by atoms with E-state index in [-0.39, 0.29) is 32.6 Å². The van der Waals surface area contributed by atoms with E-state index < -0.39 is 24.2 Å². The van der Waals surface area contributed by atoms with Crippen LogP contribution >= 0.6 is 0 Å². The third kappa shape index (κ3) is 12.9. The van der Waals surface area contributed by atoms with Crippen molar-refractivity contribution in [2.75, 3.05) is 54.0 Å². The number of carboxylic acids is 1. The highest BCUT2D eigenvalue weighted by Crippen LogP contribution is 2.22. The second-order valence-electron chi connectivity index (χ2n) is 9.84. The van der Waals surface area contributed by atoms with Gasteiger partial charge in [0.05, 0.1) is 13.1 Å². The number of methoxy groups -OCH3 is 2. The number of rotatable bonds is 20. The molecule has 2 rings (SSSR count). The number of carbonyl (C=O) groups is 3. The molecule has 2 aromatic rings. The maximum Gasteiger partial charge on any atom is 0.323 e. The number of hydrogen-bond acceptors (Lipinski definition) is 11. The van der Waals surface area contributed by atoms with Crippen molar-refractivity contribution in [3.63, 3.8) is 0 Å². The molecule has 232 valence electrons. The van der Waals surface area contributed by atoms with Gasteiger partial charge in [0.25, 0.3) is 0 Å². The molecule has 1 N–H and O–H groups in total. The number of benzene rings is 2. The summed E-state index contributed by atoms with van der Waals surface area (Å²) in [4.78, 5) is 39.8. The van der Waals surface area contributed by atoms with Crippen LogP contribution in [0.15, 0.2) is 48.5 Å². The first-order valence-electron chi connectivity index (χ1n) is 13.5. The maximum absolute atomic E-state index is 13.0. The van der Waals surface area contributed by atoms with Gasteiger partial charge in [-0.2, -0.15) is 0 Å². The van der Waals surface area contributed by atoms with E-state index in [1.54, 1.807) is 30.9 Å². The van der Waals surface area contributed by atoms with Crippen LogP contribution in [-0.4, -0.2) is 93.1 Å². The van der Waals surface area contributed by atoms with Crippen LogP contribution in [0.2, 0.25) is 0 Å². The number of hydrogen-bond donors (Lipinski definition) is 1. The predicted molar refractivity (Wildman–Crippen MR) is 153 cm³/mol. The van der Waals surface area contributed by atoms with Gasteiger partial charge in [0, 0.05) is 64.4 Å². The molecule has 0 radical (unpaired) electrons. The van der Waals surface area contributed by atoms with Gasteiger partial charge in [-0.05, 0) is 12.1 Å². The molecule has 0 heterocycles. The van der Waals surface area contributed by atoms with Gasteiger partial charge in [0.1, 0.15) is 11.5 Å². The number of aliphatic carboxylic acids is 1. The van der Waals surface area contributed by atoms with Crippen LogP contribution in [0.3, 0.4) is 0 Å². The Hall–Kier alpha value is -3.71. The number of carboxylic acid groups (broad SMARTS) is 1. The summed E-state index contributed by atoms with van der Waals surface area (Å²) in [6.45, 7) is 5.74. The van der Waals surface area contributed by atoms with Crippen LogP contribution in [0.5, 0.6) is 11.5 Å². The molecular weight excluding hydrogens is 548 g/mol. The van der Waals surface area contributed by atoms with E-state index >= 15 is 0 Å². The molecule has 1 unspecified atom stereocenters. The number of carbonyl (C=O) groups excluding carboxylic acids is 2. The SMILES string of the molecule is COCOc1ccccc1CN(CCN(CC(=O)OC(OC(C)=O)C(C)C)Cc1ccccc1OCOC)CC(=O)O. The minimum Gasteiger partial charge on any atom is -0.480 e. The number of nitrogens with zero attached hydrogens (tertiary/aromatic N) is 2. The van der Waals surface area contributed by atoms with Crippen LogP contribution < -0.4 is 9.47 Å². The number of para-hydroxylation sites is 2. The lowest BCUT2D eigenvalue weighted by molar-refractivity contribution is -0.195. The van der Waals surface area contributed by atoms with Gasteiger partial charge in [-0.25, -0.2) is 0 Å². The molecule has 0 aliphatic rings. The van der Waals surface area contributed by atoms with Gasteiger partial charge in [0.2, 0.25) is 6.29 Å². The van der Waals surface area contributed by atoms with Crippen molar-refractivity contribution in [3.05, 3.63) is 59.7 Å². The minimum absolute atomic E-state index is 0.0500. The molecule has 0 saturated carbocycles. The van der Waals surface area contributed by atoms with Crippen LogP contribution in [0, 0.1) is 5.92 Å². The Labute approximate surface area is 247 Å². The molecule has 12 nitrogen and oxygen atoms in total. The number of ether oxygens (including phenoxy) is 6. The molecule has 0 saturated heterocycles. The van der Waals surface area contributed by atoms with Crippen molar-refractivity contribution in [3.8, 4) is 11.5 Å². The van der Waals surface area contributed by atoms with Crippen LogP contribution in [0.25, 0.3) is 0 Å². The smallest absolute Gasteiger partial charge is 0.323 e. The maximum atomic E-state index is 13.0. The summed E-state index contributed by atoms with van der Waals surface area (Å²) in [5.41, 5.74) is 1.59. The minimum atomic E-state index is -1.03. The molecule has 0 aliphatic heterocycles. The van der Waals surface area contributed by atoms with Gasteiger partial charge in [-0.15, -0.1) is 0 Å². The first-order chi connectivity index (χ1) is 20.1. The lowest BCUT2D eigenvalue weighted by atomic mass is 10.1. The van der Waals surface area contributed by atoms with Crippen molar-refractivity contribution < 1.29 is 47.9 Å². The van der Waals surface area contributed by atoms with Gasteiger partial charge in [-0.1, -0.05) is 50.2 Å². The molecule has 0 bridgehead atoms. The fraction of sp³-hybridized carbons (Fsp3) is 0.500. The third-order valence-corrected chi connectivity index (χ3v) is 5.92. The van der Waals surface area contributed by atoms with Crippen molar-refractivity contribution in [1.82, 2.24) is 9.80 Å². The summed E-state index contributed by atoms with van der Waals surface area (Å²) >= 11 is 0. The molecule has 2 aromatic carbocycles. The van der Waals surface area contributed by atoms with Crippen molar-refractivity contribution in [1.29, 1.82) is 0 Å². The molecule has 42 heavy (non-hydrogen) atoms. The zero-order valence-corrected chi connectivity index (χ0v) is 24.9. The molecule has 0 fully saturated rings. The van der Waals surface area contributed by atoms with Gasteiger partial charge in [0.15, 0.2) is 13.6 Å². The predicted octanol–water partition coefficient (Wildman–Crippen LogP) is 3.13. The van der Waals surface area contributed by atoms with Gasteiger partial charge < -0.3 is 33.5 Å². The molecule has 0 aromatic heterocycles. The fourth-order valence-corrected chi connectivity index (χ4v) is 3.99. The van der Waals surface area contributed by atoms with Gasteiger partial charge >= 0.3 is 17.9 Å². The third-order valence-electron chi connectivity index (χ3n) is 5.92. The molecular formula is C30H42N2O10. The van der Waals surface area contributed by atoms with E-state index in [1.165, 1.54) is 21.1 Å². The zero-order chi connectivity index (χ0) is 30.9. The van der Waals surface area contributed by atoms with Crippen LogP contribution in [0.1, 0.15) is 31.9 Å². The Balaban J connectivity index is 2.25. The lowest BCUT2D eigenvalue weighted by Crippen LogP contribution is -2.41. The number of esters is 2. The van der Waals surface area contributed by atoms with Crippen molar-refractivity contribution >= 4 is 17.9 Å². The summed E-state index contributed by atoms with van der Waals surface area (Å²) < 4.78 is 32.1. The highest BCUT2D eigenvalue weighted by molar-refractivity contribution is 5.72. The molecule has 12 heteroatoms. The summed E-state index contributed by atoms with van der Waals surface area (Å²) in [6.07, 6.45) is -1.03. The fourth-order valence-electron chi connectivity index (χ4n) is 3.99. The van der Waals surface area contributed by atoms with Crippen molar-refractivity contribution in [2.45, 2.75) is 40.2 Å². The Kier molecular flexibility index (Phi) is 15.3. The standard InChI is InChI=1S/C30H42N2O10/c1-22(2)30(41-23(3)33)42-29(36)19-32(17-25-11-7-9-13-27(25)40-21-38-5)15-14-31(18-28(34)35)16-24-10-6-8-12-26(24)39-20-37-4/h6-13,22,30H,14-21H2,1-5H3,(H,34,35). The van der Waals surface area contributed by atoms with Crippen molar-refractivity contribution in [2.24, 2.45) is 5.92 Å². The van der Waals surface area contributed by atoms with Gasteiger partial charge in [-0.3, -0.25) is 24.2 Å². The summed E-state index contributed by atoms with van der Waals surface area (Å²) in [5.74, 6) is -1.21. The Morgan fingerprint density at radius 3 is 1.67 bits per heavy atom. The van der Waals surface area contributed by atoms with E-state index in [2.05, 4.69) is 0 Å². The van der Waals surface area contributed by atoms with E-state index in [4.69, 9.17) is 28.4 Å². The summed E-state index contributed by atoms with van der Waals surface area (Å²) in [6, 6.07) is 14.7. The van der Waals surface area contributed by atoms with E-state index in [0.29, 0.717) is 37.7 Å². The Morgan fingerprint density at radius 1 is 0.762 bits per heavy atom. The first-order valence-corrected chi connectivity index (χ1v) is 13.5. The molecule has 0 aliphatic carbocycles. The molecule has 0 amide bonds. The Bertz CT molecular complexity index is 1130. The van der Waals surface area contributed by atoms with E-state index in [0.717, 1.165) is 11.1 Å². The highest BCUT2D eigenvalue weighted by atomic mass is 16.7. The largest absolute Gasteiger partial charge is 0.480 e. The highest BCUT2D eigenvalue weighted by Gasteiger charge is 2.24. The average Bonchev–Trinajstić information content (AvgIpc) is 2.93. The average molecular weight is 591 g/mol. The van der Waals surface area contributed by atoms with Crippen LogP contribution in [-0.2, 0) is 46.4 Å². The first kappa shape index (κ1) is 34.5.